The zero-order valence-electron chi connectivity index (χ0n) is 14.0. The third-order valence-electron chi connectivity index (χ3n) is 5.06. The van der Waals surface area contributed by atoms with E-state index in [0.29, 0.717) is 0 Å². The van der Waals surface area contributed by atoms with Crippen molar-refractivity contribution < 1.29 is 4.39 Å². The van der Waals surface area contributed by atoms with Crippen molar-refractivity contribution in [2.75, 3.05) is 26.7 Å². The Balaban J connectivity index is 0.00000192. The lowest BCUT2D eigenvalue weighted by Gasteiger charge is -2.34. The second-order valence-electron chi connectivity index (χ2n) is 6.88. The third-order valence-corrected chi connectivity index (χ3v) is 5.06. The number of guanidine groups is 1. The van der Waals surface area contributed by atoms with E-state index in [1.54, 1.807) is 12.1 Å². The quantitative estimate of drug-likeness (QED) is 0.448. The van der Waals surface area contributed by atoms with Crippen molar-refractivity contribution in [2.45, 2.75) is 38.0 Å². The summed E-state index contributed by atoms with van der Waals surface area (Å²) in [5, 5.41) is 3.56. The highest BCUT2D eigenvalue weighted by molar-refractivity contribution is 14.0. The SMILES string of the molecule is CN=C(NCC1(c2ccc(F)cc2)CC1)N1CCCC(C)C1.I. The average molecular weight is 431 g/mol. The summed E-state index contributed by atoms with van der Waals surface area (Å²) in [4.78, 5) is 6.83. The first-order chi connectivity index (χ1) is 10.6. The summed E-state index contributed by atoms with van der Waals surface area (Å²) < 4.78 is 13.1. The first-order valence-electron chi connectivity index (χ1n) is 8.35. The van der Waals surface area contributed by atoms with E-state index in [9.17, 15) is 4.39 Å². The maximum absolute atomic E-state index is 13.1. The predicted molar refractivity (Wildman–Crippen MR) is 104 cm³/mol. The minimum absolute atomic E-state index is 0. The molecule has 128 valence electrons. The van der Waals surface area contributed by atoms with Gasteiger partial charge in [-0.1, -0.05) is 19.1 Å². The van der Waals surface area contributed by atoms with Crippen molar-refractivity contribution in [3.8, 4) is 0 Å². The zero-order chi connectivity index (χ0) is 15.6. The number of likely N-dealkylation sites (tertiary alicyclic amines) is 1. The minimum Gasteiger partial charge on any atom is -0.355 e. The van der Waals surface area contributed by atoms with Crippen molar-refractivity contribution in [1.82, 2.24) is 10.2 Å². The van der Waals surface area contributed by atoms with Crippen LogP contribution in [0.25, 0.3) is 0 Å². The fourth-order valence-electron chi connectivity index (χ4n) is 3.48. The number of aliphatic imine (C=N–C) groups is 1. The molecular formula is C18H27FIN3. The molecule has 23 heavy (non-hydrogen) atoms. The van der Waals surface area contributed by atoms with Gasteiger partial charge in [-0.05, 0) is 49.3 Å². The summed E-state index contributed by atoms with van der Waals surface area (Å²) in [5.41, 5.74) is 1.41. The third kappa shape index (κ3) is 4.37. The molecule has 1 atom stereocenters. The molecule has 1 aliphatic carbocycles. The summed E-state index contributed by atoms with van der Waals surface area (Å²) >= 11 is 0. The second-order valence-corrected chi connectivity index (χ2v) is 6.88. The van der Waals surface area contributed by atoms with Gasteiger partial charge in [0, 0.05) is 32.1 Å². The van der Waals surface area contributed by atoms with Crippen molar-refractivity contribution in [1.29, 1.82) is 0 Å². The van der Waals surface area contributed by atoms with E-state index >= 15 is 0 Å². The van der Waals surface area contributed by atoms with Crippen LogP contribution in [0.3, 0.4) is 0 Å². The standard InChI is InChI=1S/C18H26FN3.HI/c1-14-4-3-11-22(12-14)17(20-2)21-13-18(9-10-18)15-5-7-16(19)8-6-15;/h5-8,14H,3-4,9-13H2,1-2H3,(H,20,21);1H. The Morgan fingerprint density at radius 2 is 2.04 bits per heavy atom. The molecule has 0 bridgehead atoms. The number of hydrogen-bond acceptors (Lipinski definition) is 1. The number of nitrogens with one attached hydrogen (secondary N) is 1. The number of nitrogens with zero attached hydrogens (tertiary/aromatic N) is 2. The van der Waals surface area contributed by atoms with Gasteiger partial charge in [-0.2, -0.15) is 0 Å². The van der Waals surface area contributed by atoms with Gasteiger partial charge >= 0.3 is 0 Å². The highest BCUT2D eigenvalue weighted by Crippen LogP contribution is 2.47. The highest BCUT2D eigenvalue weighted by Gasteiger charge is 2.44. The van der Waals surface area contributed by atoms with Gasteiger partial charge in [0.2, 0.25) is 0 Å². The van der Waals surface area contributed by atoms with Crippen molar-refractivity contribution >= 4 is 29.9 Å². The van der Waals surface area contributed by atoms with E-state index in [1.165, 1.54) is 31.2 Å². The normalized spacial score (nSPS) is 23.2. The molecule has 2 aliphatic rings. The van der Waals surface area contributed by atoms with Crippen LogP contribution in [0, 0.1) is 11.7 Å². The zero-order valence-corrected chi connectivity index (χ0v) is 16.3. The maximum Gasteiger partial charge on any atom is 0.193 e. The number of halogens is 2. The summed E-state index contributed by atoms with van der Waals surface area (Å²) in [6.07, 6.45) is 4.88. The molecule has 2 fully saturated rings. The van der Waals surface area contributed by atoms with Crippen LogP contribution in [-0.2, 0) is 5.41 Å². The average Bonchev–Trinajstić information content (AvgIpc) is 3.30. The molecule has 0 amide bonds. The van der Waals surface area contributed by atoms with E-state index in [-0.39, 0.29) is 35.2 Å². The van der Waals surface area contributed by atoms with Crippen LogP contribution >= 0.6 is 24.0 Å². The summed E-state index contributed by atoms with van der Waals surface area (Å²) in [7, 11) is 1.86. The first-order valence-corrected chi connectivity index (χ1v) is 8.35. The fraction of sp³-hybridized carbons (Fsp3) is 0.611. The molecule has 5 heteroatoms. The number of benzene rings is 1. The van der Waals surface area contributed by atoms with Crippen molar-refractivity contribution in [3.63, 3.8) is 0 Å². The Kier molecular flexibility index (Phi) is 6.28. The first kappa shape index (κ1) is 18.5. The summed E-state index contributed by atoms with van der Waals surface area (Å²) in [6, 6.07) is 6.98. The van der Waals surface area contributed by atoms with Gasteiger partial charge in [-0.3, -0.25) is 4.99 Å². The van der Waals surface area contributed by atoms with Gasteiger partial charge in [0.15, 0.2) is 5.96 Å². The Labute approximate surface area is 155 Å². The van der Waals surface area contributed by atoms with E-state index in [0.717, 1.165) is 31.5 Å². The molecule has 0 spiro atoms. The molecule has 1 aromatic rings. The van der Waals surface area contributed by atoms with E-state index < -0.39 is 0 Å². The lowest BCUT2D eigenvalue weighted by molar-refractivity contribution is 0.265. The molecule has 1 saturated heterocycles. The largest absolute Gasteiger partial charge is 0.355 e. The predicted octanol–water partition coefficient (Wildman–Crippen LogP) is 3.78. The molecular weight excluding hydrogens is 404 g/mol. The highest BCUT2D eigenvalue weighted by atomic mass is 127. The molecule has 1 saturated carbocycles. The van der Waals surface area contributed by atoms with E-state index in [1.807, 2.05) is 19.2 Å². The number of piperidine rings is 1. The lowest BCUT2D eigenvalue weighted by atomic mass is 9.96. The molecule has 1 unspecified atom stereocenters. The smallest absolute Gasteiger partial charge is 0.193 e. The molecule has 1 heterocycles. The summed E-state index contributed by atoms with van der Waals surface area (Å²) in [6.45, 7) is 5.37. The van der Waals surface area contributed by atoms with Crippen LogP contribution in [0.1, 0.15) is 38.2 Å². The Hall–Kier alpha value is -0.850. The number of rotatable bonds is 3. The fourth-order valence-corrected chi connectivity index (χ4v) is 3.48. The van der Waals surface area contributed by atoms with E-state index in [4.69, 9.17) is 0 Å². The molecule has 0 aromatic heterocycles. The minimum atomic E-state index is -0.161. The van der Waals surface area contributed by atoms with Gasteiger partial charge in [-0.15, -0.1) is 24.0 Å². The molecule has 1 aliphatic heterocycles. The molecule has 3 rings (SSSR count). The molecule has 1 N–H and O–H groups in total. The Bertz CT molecular complexity index is 540. The Morgan fingerprint density at radius 1 is 1.35 bits per heavy atom. The second kappa shape index (κ2) is 7.81. The number of hydrogen-bond donors (Lipinski definition) is 1. The maximum atomic E-state index is 13.1. The van der Waals surface area contributed by atoms with Gasteiger partial charge in [0.25, 0.3) is 0 Å². The van der Waals surface area contributed by atoms with Crippen LogP contribution in [0.2, 0.25) is 0 Å². The van der Waals surface area contributed by atoms with Crippen LogP contribution in [0.5, 0.6) is 0 Å². The van der Waals surface area contributed by atoms with Crippen LogP contribution < -0.4 is 5.32 Å². The van der Waals surface area contributed by atoms with Gasteiger partial charge < -0.3 is 10.2 Å². The van der Waals surface area contributed by atoms with E-state index in [2.05, 4.69) is 22.1 Å². The van der Waals surface area contributed by atoms with Gasteiger partial charge in [0.1, 0.15) is 5.82 Å². The lowest BCUT2D eigenvalue weighted by Crippen LogP contribution is -2.48. The van der Waals surface area contributed by atoms with Crippen molar-refractivity contribution in [2.24, 2.45) is 10.9 Å². The summed E-state index contributed by atoms with van der Waals surface area (Å²) in [5.74, 6) is 1.59. The monoisotopic (exact) mass is 431 g/mol. The topological polar surface area (TPSA) is 27.6 Å². The molecule has 0 radical (unpaired) electrons. The van der Waals surface area contributed by atoms with Crippen molar-refractivity contribution in [3.05, 3.63) is 35.6 Å². The molecule has 1 aromatic carbocycles. The van der Waals surface area contributed by atoms with Gasteiger partial charge in [-0.25, -0.2) is 4.39 Å². The van der Waals surface area contributed by atoms with Gasteiger partial charge in [0.05, 0.1) is 0 Å². The van der Waals surface area contributed by atoms with Crippen LogP contribution in [0.4, 0.5) is 4.39 Å². The Morgan fingerprint density at radius 3 is 2.61 bits per heavy atom. The van der Waals surface area contributed by atoms with Crippen LogP contribution in [-0.4, -0.2) is 37.5 Å². The van der Waals surface area contributed by atoms with Crippen LogP contribution in [0.15, 0.2) is 29.3 Å². The molecule has 3 nitrogen and oxygen atoms in total.